The van der Waals surface area contributed by atoms with Crippen LogP contribution in [0, 0.1) is 5.92 Å². The molecule has 1 heterocycles. The highest BCUT2D eigenvalue weighted by Crippen LogP contribution is 2.15. The van der Waals surface area contributed by atoms with Crippen molar-refractivity contribution in [3.05, 3.63) is 0 Å². The smallest absolute Gasteiger partial charge is 0.441 e. The van der Waals surface area contributed by atoms with Crippen LogP contribution >= 0.6 is 0 Å². The van der Waals surface area contributed by atoms with Crippen LogP contribution in [0.25, 0.3) is 0 Å². The molecule has 1 fully saturated rings. The van der Waals surface area contributed by atoms with Crippen molar-refractivity contribution in [1.82, 2.24) is 5.48 Å². The summed E-state index contributed by atoms with van der Waals surface area (Å²) in [5.74, 6) is -0.655. The van der Waals surface area contributed by atoms with E-state index < -0.39 is 17.7 Å². The summed E-state index contributed by atoms with van der Waals surface area (Å²) in [6, 6.07) is 0. The Morgan fingerprint density at radius 3 is 2.35 bits per heavy atom. The lowest BCUT2D eigenvalue weighted by atomic mass is 10.0. The van der Waals surface area contributed by atoms with Crippen LogP contribution in [0.15, 0.2) is 0 Å². The lowest BCUT2D eigenvalue weighted by Gasteiger charge is -2.21. The van der Waals surface area contributed by atoms with Crippen LogP contribution in [-0.4, -0.2) is 30.9 Å². The predicted molar refractivity (Wildman–Crippen MR) is 59.0 cm³/mol. The molecule has 0 unspecified atom stereocenters. The van der Waals surface area contributed by atoms with Crippen LogP contribution in [0.5, 0.6) is 0 Å². The molecule has 0 spiro atoms. The monoisotopic (exact) mass is 245 g/mol. The molecule has 0 aromatic rings. The Morgan fingerprint density at radius 1 is 1.24 bits per heavy atom. The Hall–Kier alpha value is -1.30. The Labute approximate surface area is 101 Å². The maximum atomic E-state index is 11.5. The molecule has 1 aliphatic rings. The molecule has 6 nitrogen and oxygen atoms in total. The molecular formula is C11H19NO5. The Kier molecular flexibility index (Phi) is 4.74. The van der Waals surface area contributed by atoms with E-state index in [0.29, 0.717) is 26.1 Å². The van der Waals surface area contributed by atoms with Gasteiger partial charge in [0, 0.05) is 13.2 Å². The second kappa shape index (κ2) is 5.86. The van der Waals surface area contributed by atoms with Gasteiger partial charge in [-0.2, -0.15) is 0 Å². The Morgan fingerprint density at radius 2 is 1.82 bits per heavy atom. The lowest BCUT2D eigenvalue weighted by Crippen LogP contribution is -2.36. The van der Waals surface area contributed by atoms with Crippen molar-refractivity contribution < 1.29 is 23.9 Å². The first-order valence-corrected chi connectivity index (χ1v) is 5.66. The second-order valence-corrected chi connectivity index (χ2v) is 4.91. The summed E-state index contributed by atoms with van der Waals surface area (Å²) in [7, 11) is 0. The predicted octanol–water partition coefficient (Wildman–Crippen LogP) is 1.40. The van der Waals surface area contributed by atoms with E-state index in [4.69, 9.17) is 9.47 Å². The number of carbonyl (C=O) groups excluding carboxylic acids is 2. The zero-order chi connectivity index (χ0) is 12.9. The van der Waals surface area contributed by atoms with Gasteiger partial charge in [0.1, 0.15) is 5.60 Å². The number of nitrogens with one attached hydrogen (secondary N) is 1. The highest BCUT2D eigenvalue weighted by molar-refractivity contribution is 5.75. The zero-order valence-corrected chi connectivity index (χ0v) is 10.4. The van der Waals surface area contributed by atoms with Gasteiger partial charge in [0.2, 0.25) is 0 Å². The van der Waals surface area contributed by atoms with Crippen LogP contribution in [0.2, 0.25) is 0 Å². The number of ether oxygens (including phenoxy) is 2. The topological polar surface area (TPSA) is 73.9 Å². The molecule has 1 rings (SSSR count). The lowest BCUT2D eigenvalue weighted by molar-refractivity contribution is -0.158. The third-order valence-electron chi connectivity index (χ3n) is 2.19. The van der Waals surface area contributed by atoms with E-state index in [1.807, 2.05) is 5.48 Å². The van der Waals surface area contributed by atoms with Crippen LogP contribution in [0.4, 0.5) is 4.79 Å². The summed E-state index contributed by atoms with van der Waals surface area (Å²) in [5, 5.41) is 0. The standard InChI is InChI=1S/C11H19NO5/c1-11(2,3)16-10(14)12-17-9(13)8-4-6-15-7-5-8/h8H,4-7H2,1-3H3,(H,12,14). The fraction of sp³-hybridized carbons (Fsp3) is 0.818. The van der Waals surface area contributed by atoms with Crippen LogP contribution in [0.3, 0.4) is 0 Å². The number of rotatable bonds is 1. The normalized spacial score (nSPS) is 17.4. The minimum atomic E-state index is -0.766. The van der Waals surface area contributed by atoms with Crippen molar-refractivity contribution in [3.8, 4) is 0 Å². The molecule has 0 aliphatic carbocycles. The van der Waals surface area contributed by atoms with Crippen LogP contribution < -0.4 is 5.48 Å². The number of carbonyl (C=O) groups is 2. The molecule has 0 bridgehead atoms. The molecule has 17 heavy (non-hydrogen) atoms. The average molecular weight is 245 g/mol. The fourth-order valence-electron chi connectivity index (χ4n) is 1.41. The first-order chi connectivity index (χ1) is 7.88. The third-order valence-corrected chi connectivity index (χ3v) is 2.19. The van der Waals surface area contributed by atoms with E-state index in [0.717, 1.165) is 0 Å². The van der Waals surface area contributed by atoms with E-state index >= 15 is 0 Å². The number of hydrogen-bond donors (Lipinski definition) is 1. The van der Waals surface area contributed by atoms with Gasteiger partial charge >= 0.3 is 12.1 Å². The maximum Gasteiger partial charge on any atom is 0.441 e. The number of hydroxylamine groups is 1. The fourth-order valence-corrected chi connectivity index (χ4v) is 1.41. The molecule has 1 aliphatic heterocycles. The van der Waals surface area contributed by atoms with E-state index in [2.05, 4.69) is 4.84 Å². The number of amides is 1. The molecule has 1 N–H and O–H groups in total. The Bertz CT molecular complexity index is 278. The second-order valence-electron chi connectivity index (χ2n) is 4.91. The SMILES string of the molecule is CC(C)(C)OC(=O)NOC(=O)C1CCOCC1. The van der Waals surface area contributed by atoms with E-state index in [1.165, 1.54) is 0 Å². The molecule has 0 aromatic heterocycles. The summed E-state index contributed by atoms with van der Waals surface area (Å²) in [6.45, 7) is 6.28. The van der Waals surface area contributed by atoms with Crippen molar-refractivity contribution >= 4 is 12.1 Å². The van der Waals surface area contributed by atoms with Gasteiger partial charge in [0.25, 0.3) is 0 Å². The Balaban J connectivity index is 2.25. The van der Waals surface area contributed by atoms with Crippen molar-refractivity contribution in [2.75, 3.05) is 13.2 Å². The summed E-state index contributed by atoms with van der Waals surface area (Å²) in [5.41, 5.74) is 1.37. The van der Waals surface area contributed by atoms with Gasteiger partial charge in [-0.1, -0.05) is 0 Å². The summed E-state index contributed by atoms with van der Waals surface area (Å²) >= 11 is 0. The van der Waals surface area contributed by atoms with Gasteiger partial charge in [-0.3, -0.25) is 0 Å². The molecular weight excluding hydrogens is 226 g/mol. The minimum absolute atomic E-state index is 0.210. The van der Waals surface area contributed by atoms with E-state index in [-0.39, 0.29) is 5.92 Å². The van der Waals surface area contributed by atoms with Crippen molar-refractivity contribution in [3.63, 3.8) is 0 Å². The third kappa shape index (κ3) is 5.53. The summed E-state index contributed by atoms with van der Waals surface area (Å²) < 4.78 is 10.0. The van der Waals surface area contributed by atoms with Crippen molar-refractivity contribution in [2.24, 2.45) is 5.92 Å². The highest BCUT2D eigenvalue weighted by Gasteiger charge is 2.24. The quantitative estimate of drug-likeness (QED) is 0.707. The molecule has 1 saturated heterocycles. The van der Waals surface area contributed by atoms with Crippen molar-refractivity contribution in [1.29, 1.82) is 0 Å². The summed E-state index contributed by atoms with van der Waals surface area (Å²) in [6.07, 6.45) is 0.474. The van der Waals surface area contributed by atoms with Gasteiger partial charge in [-0.05, 0) is 33.6 Å². The average Bonchev–Trinajstić information content (AvgIpc) is 2.25. The molecule has 98 valence electrons. The van der Waals surface area contributed by atoms with Crippen LogP contribution in [-0.2, 0) is 19.1 Å². The van der Waals surface area contributed by atoms with Gasteiger partial charge < -0.3 is 14.3 Å². The van der Waals surface area contributed by atoms with Gasteiger partial charge in [0.05, 0.1) is 5.92 Å². The van der Waals surface area contributed by atoms with E-state index in [9.17, 15) is 9.59 Å². The maximum absolute atomic E-state index is 11.5. The molecule has 1 amide bonds. The molecule has 0 aromatic carbocycles. The highest BCUT2D eigenvalue weighted by atomic mass is 16.7. The van der Waals surface area contributed by atoms with Gasteiger partial charge in [-0.25, -0.2) is 9.59 Å². The zero-order valence-electron chi connectivity index (χ0n) is 10.4. The van der Waals surface area contributed by atoms with E-state index in [1.54, 1.807) is 20.8 Å². The molecule has 6 heteroatoms. The molecule has 0 radical (unpaired) electrons. The summed E-state index contributed by atoms with van der Waals surface area (Å²) in [4.78, 5) is 27.4. The van der Waals surface area contributed by atoms with Gasteiger partial charge in [0.15, 0.2) is 0 Å². The molecule has 0 saturated carbocycles. The first-order valence-electron chi connectivity index (χ1n) is 5.66. The van der Waals surface area contributed by atoms with Crippen molar-refractivity contribution in [2.45, 2.75) is 39.2 Å². The number of hydrogen-bond acceptors (Lipinski definition) is 5. The first kappa shape index (κ1) is 13.8. The van der Waals surface area contributed by atoms with Crippen LogP contribution in [0.1, 0.15) is 33.6 Å². The largest absolute Gasteiger partial charge is 0.442 e. The minimum Gasteiger partial charge on any atom is -0.442 e. The molecule has 0 atom stereocenters. The van der Waals surface area contributed by atoms with Gasteiger partial charge in [-0.15, -0.1) is 5.48 Å².